The number of anilines is 1. The van der Waals surface area contributed by atoms with Crippen LogP contribution in [0.1, 0.15) is 22.8 Å². The van der Waals surface area contributed by atoms with Crippen LogP contribution in [0.2, 0.25) is 0 Å². The number of benzene rings is 2. The van der Waals surface area contributed by atoms with Gasteiger partial charge in [0.15, 0.2) is 6.61 Å². The lowest BCUT2D eigenvalue weighted by Crippen LogP contribution is -2.21. The van der Waals surface area contributed by atoms with Crippen LogP contribution >= 0.6 is 0 Å². The van der Waals surface area contributed by atoms with Gasteiger partial charge in [-0.2, -0.15) is 0 Å². The molecule has 0 aromatic heterocycles. The van der Waals surface area contributed by atoms with Crippen molar-refractivity contribution < 1.29 is 23.6 Å². The number of hydrogen-bond acceptors (Lipinski definition) is 5. The van der Waals surface area contributed by atoms with Gasteiger partial charge >= 0.3 is 5.97 Å². The highest BCUT2D eigenvalue weighted by molar-refractivity contribution is 5.96. The van der Waals surface area contributed by atoms with Gasteiger partial charge in [0.05, 0.1) is 16.6 Å². The zero-order chi connectivity index (χ0) is 18.4. The number of amides is 1. The minimum Gasteiger partial charge on any atom is -0.452 e. The summed E-state index contributed by atoms with van der Waals surface area (Å²) < 4.78 is 17.9. The molecule has 0 bridgehead atoms. The highest BCUT2D eigenvalue weighted by Gasteiger charge is 2.18. The van der Waals surface area contributed by atoms with Crippen molar-refractivity contribution in [2.24, 2.45) is 0 Å². The maximum atomic E-state index is 13.1. The molecule has 0 aliphatic carbocycles. The minimum absolute atomic E-state index is 0.181. The molecule has 25 heavy (non-hydrogen) atoms. The molecule has 0 fully saturated rings. The van der Waals surface area contributed by atoms with E-state index < -0.39 is 34.9 Å². The summed E-state index contributed by atoms with van der Waals surface area (Å²) in [5.74, 6) is -2.26. The van der Waals surface area contributed by atoms with Crippen LogP contribution in [-0.2, 0) is 16.0 Å². The quantitative estimate of drug-likeness (QED) is 0.492. The zero-order valence-electron chi connectivity index (χ0n) is 13.3. The van der Waals surface area contributed by atoms with Gasteiger partial charge in [0.2, 0.25) is 0 Å². The molecule has 0 unspecified atom stereocenters. The number of ether oxygens (including phenoxy) is 1. The van der Waals surface area contributed by atoms with Gasteiger partial charge in [-0.15, -0.1) is 0 Å². The summed E-state index contributed by atoms with van der Waals surface area (Å²) in [7, 11) is 0. The normalized spacial score (nSPS) is 10.2. The van der Waals surface area contributed by atoms with E-state index >= 15 is 0 Å². The highest BCUT2D eigenvalue weighted by Crippen LogP contribution is 2.24. The summed E-state index contributed by atoms with van der Waals surface area (Å²) in [6.45, 7) is 1.36. The number of carbonyl (C=O) groups is 2. The molecule has 1 N–H and O–H groups in total. The van der Waals surface area contributed by atoms with Crippen molar-refractivity contribution in [2.45, 2.75) is 13.3 Å². The van der Waals surface area contributed by atoms with E-state index in [4.69, 9.17) is 4.74 Å². The molecule has 2 aromatic rings. The van der Waals surface area contributed by atoms with E-state index in [1.807, 2.05) is 6.92 Å². The maximum absolute atomic E-state index is 13.1. The number of halogens is 1. The van der Waals surface area contributed by atoms with Crippen molar-refractivity contribution in [1.29, 1.82) is 0 Å². The first-order valence-corrected chi connectivity index (χ1v) is 7.40. The third-order valence-electron chi connectivity index (χ3n) is 3.36. The van der Waals surface area contributed by atoms with E-state index in [9.17, 15) is 24.1 Å². The van der Waals surface area contributed by atoms with E-state index in [0.29, 0.717) is 6.07 Å². The van der Waals surface area contributed by atoms with Crippen LogP contribution < -0.4 is 5.32 Å². The van der Waals surface area contributed by atoms with Gasteiger partial charge < -0.3 is 10.1 Å². The third kappa shape index (κ3) is 4.84. The number of hydrogen-bond donors (Lipinski definition) is 1. The topological polar surface area (TPSA) is 98.5 Å². The second kappa shape index (κ2) is 8.00. The molecule has 0 aliphatic heterocycles. The first-order chi connectivity index (χ1) is 11.9. The van der Waals surface area contributed by atoms with Crippen LogP contribution in [0.5, 0.6) is 0 Å². The van der Waals surface area contributed by atoms with Gasteiger partial charge in [0, 0.05) is 0 Å². The lowest BCUT2D eigenvalue weighted by atomic mass is 10.1. The molecule has 0 saturated heterocycles. The fraction of sp³-hybridized carbons (Fsp3) is 0.176. The minimum atomic E-state index is -0.819. The van der Waals surface area contributed by atoms with Gasteiger partial charge in [0.25, 0.3) is 11.6 Å². The second-order valence-corrected chi connectivity index (χ2v) is 5.09. The largest absolute Gasteiger partial charge is 0.452 e. The van der Waals surface area contributed by atoms with Crippen LogP contribution in [0.15, 0.2) is 42.5 Å². The van der Waals surface area contributed by atoms with Crippen molar-refractivity contribution >= 4 is 23.3 Å². The van der Waals surface area contributed by atoms with E-state index in [2.05, 4.69) is 5.32 Å². The van der Waals surface area contributed by atoms with Crippen molar-refractivity contribution in [1.82, 2.24) is 0 Å². The molecule has 7 nitrogen and oxygen atoms in total. The molecule has 2 aromatic carbocycles. The molecule has 0 saturated carbocycles. The van der Waals surface area contributed by atoms with Crippen molar-refractivity contribution in [3.8, 4) is 0 Å². The van der Waals surface area contributed by atoms with E-state index in [1.54, 1.807) is 24.3 Å². The van der Waals surface area contributed by atoms with Crippen LogP contribution in [0.4, 0.5) is 15.8 Å². The second-order valence-electron chi connectivity index (χ2n) is 5.09. The van der Waals surface area contributed by atoms with Gasteiger partial charge in [-0.05, 0) is 36.2 Å². The summed E-state index contributed by atoms with van der Waals surface area (Å²) in [5.41, 5.74) is 0.574. The highest BCUT2D eigenvalue weighted by atomic mass is 19.1. The van der Waals surface area contributed by atoms with Gasteiger partial charge in [-0.1, -0.05) is 19.1 Å². The molecule has 0 spiro atoms. The van der Waals surface area contributed by atoms with Gasteiger partial charge in [0.1, 0.15) is 11.5 Å². The summed E-state index contributed by atoms with van der Waals surface area (Å²) in [6, 6.07) is 9.46. The Balaban J connectivity index is 1.96. The molecule has 1 amide bonds. The fourth-order valence-electron chi connectivity index (χ4n) is 2.04. The fourth-order valence-corrected chi connectivity index (χ4v) is 2.04. The predicted octanol–water partition coefficient (Wildman–Crippen LogP) is 3.09. The molecule has 130 valence electrons. The molecule has 0 heterocycles. The standard InChI is InChI=1S/C17H15FN2O5/c1-2-11-3-5-12(6-4-11)17(22)25-10-16(21)19-14-8-7-13(18)9-15(14)20(23)24/h3-9H,2,10H2,1H3,(H,19,21). The van der Waals surface area contributed by atoms with Crippen molar-refractivity contribution in [2.75, 3.05) is 11.9 Å². The summed E-state index contributed by atoms with van der Waals surface area (Å²) in [6.07, 6.45) is 0.828. The summed E-state index contributed by atoms with van der Waals surface area (Å²) in [5, 5.41) is 13.1. The number of carbonyl (C=O) groups excluding carboxylic acids is 2. The third-order valence-corrected chi connectivity index (χ3v) is 3.36. The van der Waals surface area contributed by atoms with Crippen molar-refractivity contribution in [3.63, 3.8) is 0 Å². The average Bonchev–Trinajstić information content (AvgIpc) is 2.61. The zero-order valence-corrected chi connectivity index (χ0v) is 13.3. The van der Waals surface area contributed by atoms with Gasteiger partial charge in [-0.25, -0.2) is 9.18 Å². The monoisotopic (exact) mass is 346 g/mol. The number of nitro benzene ring substituents is 1. The first-order valence-electron chi connectivity index (χ1n) is 7.40. The van der Waals surface area contributed by atoms with Crippen LogP contribution in [0.3, 0.4) is 0 Å². The summed E-state index contributed by atoms with van der Waals surface area (Å²) in [4.78, 5) is 33.7. The summed E-state index contributed by atoms with van der Waals surface area (Å²) >= 11 is 0. The Morgan fingerprint density at radius 1 is 1.20 bits per heavy atom. The predicted molar refractivity (Wildman–Crippen MR) is 87.8 cm³/mol. The van der Waals surface area contributed by atoms with Crippen LogP contribution in [0, 0.1) is 15.9 Å². The number of esters is 1. The van der Waals surface area contributed by atoms with Crippen LogP contribution in [0.25, 0.3) is 0 Å². The Kier molecular flexibility index (Phi) is 5.78. The Bertz CT molecular complexity index is 805. The molecular weight excluding hydrogens is 331 g/mol. The van der Waals surface area contributed by atoms with E-state index in [-0.39, 0.29) is 11.3 Å². The Labute approximate surface area is 142 Å². The van der Waals surface area contributed by atoms with E-state index in [0.717, 1.165) is 24.1 Å². The molecular formula is C17H15FN2O5. The Morgan fingerprint density at radius 2 is 1.88 bits per heavy atom. The number of nitrogens with one attached hydrogen (secondary N) is 1. The maximum Gasteiger partial charge on any atom is 0.338 e. The van der Waals surface area contributed by atoms with Gasteiger partial charge in [-0.3, -0.25) is 14.9 Å². The molecule has 2 rings (SSSR count). The number of nitrogens with zero attached hydrogens (tertiary/aromatic N) is 1. The van der Waals surface area contributed by atoms with E-state index in [1.165, 1.54) is 0 Å². The lowest BCUT2D eigenvalue weighted by molar-refractivity contribution is -0.384. The smallest absolute Gasteiger partial charge is 0.338 e. The average molecular weight is 346 g/mol. The molecule has 0 radical (unpaired) electrons. The SMILES string of the molecule is CCc1ccc(C(=O)OCC(=O)Nc2ccc(F)cc2[N+](=O)[O-])cc1. The Hall–Kier alpha value is -3.29. The Morgan fingerprint density at radius 3 is 2.48 bits per heavy atom. The number of rotatable bonds is 6. The molecule has 0 atom stereocenters. The molecule has 8 heteroatoms. The molecule has 0 aliphatic rings. The number of nitro groups is 1. The first kappa shape index (κ1) is 18.1. The van der Waals surface area contributed by atoms with Crippen molar-refractivity contribution in [3.05, 3.63) is 69.5 Å². The number of aryl methyl sites for hydroxylation is 1. The lowest BCUT2D eigenvalue weighted by Gasteiger charge is -2.07. The van der Waals surface area contributed by atoms with Crippen LogP contribution in [-0.4, -0.2) is 23.4 Å².